The highest BCUT2D eigenvalue weighted by Crippen LogP contribution is 2.33. The molecule has 0 aliphatic carbocycles. The maximum atomic E-state index is 12.5. The first-order valence-electron chi connectivity index (χ1n) is 7.67. The number of nitrogens with zero attached hydrogens (tertiary/aromatic N) is 2. The lowest BCUT2D eigenvalue weighted by molar-refractivity contribution is 0.0827. The van der Waals surface area contributed by atoms with Gasteiger partial charge in [-0.2, -0.15) is 5.10 Å². The van der Waals surface area contributed by atoms with E-state index in [4.69, 9.17) is 9.84 Å². The molecule has 6 heteroatoms. The molecule has 2 aromatic rings. The number of hydrogen-bond acceptors (Lipinski definition) is 4. The van der Waals surface area contributed by atoms with Crippen LogP contribution in [0.3, 0.4) is 0 Å². The first kappa shape index (κ1) is 18.0. The minimum Gasteiger partial charge on any atom is -0.396 e. The molecule has 0 saturated carbocycles. The van der Waals surface area contributed by atoms with E-state index in [-0.39, 0.29) is 18.5 Å². The summed E-state index contributed by atoms with van der Waals surface area (Å²) in [6.07, 6.45) is 7.03. The van der Waals surface area contributed by atoms with Gasteiger partial charge in [-0.25, -0.2) is 14.7 Å². The number of aryl methyl sites for hydroxylation is 1. The molecule has 1 heterocycles. The molecule has 2 rings (SSSR count). The van der Waals surface area contributed by atoms with Crippen molar-refractivity contribution in [1.29, 1.82) is 0 Å². The maximum Gasteiger partial charge on any atom is 0.211 e. The zero-order chi connectivity index (χ0) is 17.0. The predicted octanol–water partition coefficient (Wildman–Crippen LogP) is 1.91. The van der Waals surface area contributed by atoms with Crippen LogP contribution in [-0.2, 0) is 17.9 Å². The van der Waals surface area contributed by atoms with Crippen molar-refractivity contribution in [2.24, 2.45) is 0 Å². The number of rotatable bonds is 7. The molecule has 1 N–H and O–H groups in total. The largest absolute Gasteiger partial charge is 0.396 e. The third-order valence-electron chi connectivity index (χ3n) is 3.66. The van der Waals surface area contributed by atoms with Crippen LogP contribution in [0.4, 0.5) is 0 Å². The summed E-state index contributed by atoms with van der Waals surface area (Å²) in [5.74, 6) is 1.04. The first-order chi connectivity index (χ1) is 10.8. The van der Waals surface area contributed by atoms with Gasteiger partial charge in [0.15, 0.2) is 0 Å². The van der Waals surface area contributed by atoms with Crippen molar-refractivity contribution in [2.45, 2.75) is 20.1 Å². The van der Waals surface area contributed by atoms with Gasteiger partial charge >= 0.3 is 0 Å². The van der Waals surface area contributed by atoms with E-state index in [1.807, 2.05) is 25.1 Å². The number of aliphatic hydroxyl groups excluding tert-OH is 1. The van der Waals surface area contributed by atoms with Crippen LogP contribution in [0.2, 0.25) is 0 Å². The Balaban J connectivity index is 2.33. The predicted molar refractivity (Wildman–Crippen MR) is 97.7 cm³/mol. The number of hydrogen-bond donors (Lipinski definition) is 1. The normalized spacial score (nSPS) is 12.7. The molecule has 0 aliphatic rings. The number of aromatic nitrogens is 2. The Morgan fingerprint density at radius 1 is 1.30 bits per heavy atom. The average molecular weight is 338 g/mol. The fourth-order valence-electron chi connectivity index (χ4n) is 2.38. The third kappa shape index (κ3) is 4.56. The van der Waals surface area contributed by atoms with Crippen molar-refractivity contribution in [1.82, 2.24) is 9.78 Å². The molecule has 0 radical (unpaired) electrons. The lowest BCUT2D eigenvalue weighted by atomic mass is 10.1. The molecule has 5 nitrogen and oxygen atoms in total. The second-order valence-corrected chi connectivity index (χ2v) is 11.1. The van der Waals surface area contributed by atoms with E-state index in [0.29, 0.717) is 24.4 Å². The number of aliphatic hydroxyl groups is 1. The van der Waals surface area contributed by atoms with Gasteiger partial charge in [0.05, 0.1) is 17.5 Å². The Morgan fingerprint density at radius 3 is 2.70 bits per heavy atom. The minimum absolute atomic E-state index is 0.0894. The van der Waals surface area contributed by atoms with Gasteiger partial charge < -0.3 is 9.84 Å². The highest BCUT2D eigenvalue weighted by molar-refractivity contribution is 8.32. The molecular weight excluding hydrogens is 312 g/mol. The number of benzene rings is 1. The molecule has 1 aromatic carbocycles. The van der Waals surface area contributed by atoms with Gasteiger partial charge in [0, 0.05) is 18.8 Å². The highest BCUT2D eigenvalue weighted by Gasteiger charge is 2.12. The van der Waals surface area contributed by atoms with Gasteiger partial charge in [-0.3, -0.25) is 4.79 Å². The van der Waals surface area contributed by atoms with E-state index in [1.165, 1.54) is 0 Å². The number of fused-ring (bicyclic) bond motifs is 1. The van der Waals surface area contributed by atoms with Crippen LogP contribution in [-0.4, -0.2) is 52.6 Å². The zero-order valence-corrected chi connectivity index (χ0v) is 15.2. The van der Waals surface area contributed by atoms with Crippen molar-refractivity contribution in [3.8, 4) is 0 Å². The Morgan fingerprint density at radius 2 is 2.04 bits per heavy atom. The van der Waals surface area contributed by atoms with Crippen LogP contribution in [0.15, 0.2) is 23.0 Å². The molecule has 0 atom stereocenters. The van der Waals surface area contributed by atoms with Crippen molar-refractivity contribution < 1.29 is 9.84 Å². The average Bonchev–Trinajstić information content (AvgIpc) is 2.47. The van der Waals surface area contributed by atoms with Crippen LogP contribution in [0, 0.1) is 6.92 Å². The molecule has 0 amide bonds. The molecular formula is C17H26N2O3S. The summed E-state index contributed by atoms with van der Waals surface area (Å²) in [5.41, 5.74) is 1.99. The summed E-state index contributed by atoms with van der Waals surface area (Å²) in [6.45, 7) is 2.82. The summed E-state index contributed by atoms with van der Waals surface area (Å²) in [4.78, 5) is 12.5. The van der Waals surface area contributed by atoms with Gasteiger partial charge in [-0.05, 0) is 37.3 Å². The summed E-state index contributed by atoms with van der Waals surface area (Å²) in [5, 5.41) is 14.2. The summed E-state index contributed by atoms with van der Waals surface area (Å²) in [6, 6.07) is 5.72. The van der Waals surface area contributed by atoms with Crippen LogP contribution in [0.5, 0.6) is 0 Å². The Kier molecular flexibility index (Phi) is 5.84. The lowest BCUT2D eigenvalue weighted by Gasteiger charge is -2.24. The van der Waals surface area contributed by atoms with Crippen LogP contribution in [0.25, 0.3) is 10.9 Å². The highest BCUT2D eigenvalue weighted by atomic mass is 32.3. The van der Waals surface area contributed by atoms with Crippen molar-refractivity contribution in [3.63, 3.8) is 0 Å². The van der Waals surface area contributed by atoms with Gasteiger partial charge in [0.25, 0.3) is 0 Å². The van der Waals surface area contributed by atoms with Gasteiger partial charge in [0.2, 0.25) is 5.43 Å². The van der Waals surface area contributed by atoms with E-state index >= 15 is 0 Å². The summed E-state index contributed by atoms with van der Waals surface area (Å²) >= 11 is 0. The standard InChI is InChI=1S/C17H26N2O3S/c1-13-6-5-7-15-16(13)17(21)14(8-9-20)18-19(15)12-22-10-11-23(2,3)4/h5-7,20H,8-12H2,1-4H3. The van der Waals surface area contributed by atoms with Crippen molar-refractivity contribution in [2.75, 3.05) is 37.7 Å². The molecule has 0 unspecified atom stereocenters. The van der Waals surface area contributed by atoms with Crippen LogP contribution >= 0.6 is 10.0 Å². The zero-order valence-electron chi connectivity index (χ0n) is 14.3. The molecule has 128 valence electrons. The minimum atomic E-state index is -0.589. The van der Waals surface area contributed by atoms with Gasteiger partial charge in [-0.1, -0.05) is 12.1 Å². The second-order valence-electron chi connectivity index (χ2n) is 6.55. The Labute approximate surface area is 138 Å². The SMILES string of the molecule is Cc1cccc2c1c(=O)c(CCO)nn2COCCS(C)(C)C. The van der Waals surface area contributed by atoms with Gasteiger partial charge in [0.1, 0.15) is 12.4 Å². The van der Waals surface area contributed by atoms with E-state index in [9.17, 15) is 4.79 Å². The van der Waals surface area contributed by atoms with E-state index in [1.54, 1.807) is 4.68 Å². The smallest absolute Gasteiger partial charge is 0.211 e. The fraction of sp³-hybridized carbons (Fsp3) is 0.529. The number of ether oxygens (including phenoxy) is 1. The Bertz CT molecular complexity index is 735. The summed E-state index contributed by atoms with van der Waals surface area (Å²) < 4.78 is 7.50. The van der Waals surface area contributed by atoms with Crippen LogP contribution in [0.1, 0.15) is 11.3 Å². The second kappa shape index (κ2) is 7.47. The van der Waals surface area contributed by atoms with Crippen molar-refractivity contribution in [3.05, 3.63) is 39.7 Å². The maximum absolute atomic E-state index is 12.5. The monoisotopic (exact) mass is 338 g/mol. The molecule has 1 aromatic heterocycles. The van der Waals surface area contributed by atoms with Crippen LogP contribution < -0.4 is 5.43 Å². The fourth-order valence-corrected chi connectivity index (χ4v) is 3.00. The van der Waals surface area contributed by atoms with E-state index in [2.05, 4.69) is 23.9 Å². The topological polar surface area (TPSA) is 64.3 Å². The molecule has 0 bridgehead atoms. The first-order valence-corrected chi connectivity index (χ1v) is 10.7. The molecule has 0 saturated heterocycles. The van der Waals surface area contributed by atoms with E-state index in [0.717, 1.165) is 16.8 Å². The molecule has 0 aliphatic heterocycles. The quantitative estimate of drug-likeness (QED) is 0.783. The third-order valence-corrected chi connectivity index (χ3v) is 5.05. The van der Waals surface area contributed by atoms with Gasteiger partial charge in [-0.15, -0.1) is 0 Å². The summed E-state index contributed by atoms with van der Waals surface area (Å²) in [7, 11) is -0.589. The molecule has 23 heavy (non-hydrogen) atoms. The van der Waals surface area contributed by atoms with E-state index < -0.39 is 10.0 Å². The molecule has 0 spiro atoms. The lowest BCUT2D eigenvalue weighted by Crippen LogP contribution is -2.22. The Hall–Kier alpha value is -1.37. The van der Waals surface area contributed by atoms with Crippen molar-refractivity contribution >= 4 is 20.9 Å². The molecule has 0 fully saturated rings.